The number of esters is 1. The fourth-order valence-corrected chi connectivity index (χ4v) is 3.44. The molecular weight excluding hydrogens is 392 g/mol. The van der Waals surface area contributed by atoms with E-state index in [2.05, 4.69) is 10.6 Å². The number of amides is 2. The van der Waals surface area contributed by atoms with Gasteiger partial charge in [-0.3, -0.25) is 9.59 Å². The van der Waals surface area contributed by atoms with Crippen molar-refractivity contribution in [2.24, 2.45) is 0 Å². The summed E-state index contributed by atoms with van der Waals surface area (Å²) in [6, 6.07) is 24.6. The van der Waals surface area contributed by atoms with Crippen LogP contribution in [0.3, 0.4) is 0 Å². The highest BCUT2D eigenvalue weighted by molar-refractivity contribution is 5.98. The smallest absolute Gasteiger partial charge is 0.329 e. The molecule has 2 N–H and O–H groups in total. The fraction of sp³-hybridized carbons (Fsp3) is 0.160. The number of methoxy groups -OCH3 is 1. The van der Waals surface area contributed by atoms with Crippen molar-refractivity contribution in [1.82, 2.24) is 5.32 Å². The third-order valence-electron chi connectivity index (χ3n) is 4.86. The lowest BCUT2D eigenvalue weighted by molar-refractivity contribution is -0.143. The number of nitrogens with one attached hydrogen (secondary N) is 2. The number of hydrogen-bond acceptors (Lipinski definition) is 4. The number of carbonyl (C=O) groups is 3. The van der Waals surface area contributed by atoms with Crippen molar-refractivity contribution in [2.75, 3.05) is 12.4 Å². The predicted octanol–water partition coefficient (Wildman–Crippen LogP) is 3.75. The fourth-order valence-electron chi connectivity index (χ4n) is 3.44. The lowest BCUT2D eigenvalue weighted by Crippen LogP contribution is -2.46. The van der Waals surface area contributed by atoms with Crippen LogP contribution < -0.4 is 10.6 Å². The molecule has 6 nitrogen and oxygen atoms in total. The van der Waals surface area contributed by atoms with Crippen LogP contribution in [0.4, 0.5) is 5.69 Å². The first-order valence-corrected chi connectivity index (χ1v) is 9.86. The van der Waals surface area contributed by atoms with E-state index >= 15 is 0 Å². The molecule has 158 valence electrons. The minimum absolute atomic E-state index is 0.198. The highest BCUT2D eigenvalue weighted by Crippen LogP contribution is 2.29. The van der Waals surface area contributed by atoms with Gasteiger partial charge in [-0.2, -0.15) is 0 Å². The molecular formula is C25H24N2O4. The second kappa shape index (κ2) is 10.2. The van der Waals surface area contributed by atoms with Crippen LogP contribution in [0.25, 0.3) is 0 Å². The summed E-state index contributed by atoms with van der Waals surface area (Å²) in [4.78, 5) is 36.9. The van der Waals surface area contributed by atoms with E-state index in [0.29, 0.717) is 11.3 Å². The quantitative estimate of drug-likeness (QED) is 0.575. The third kappa shape index (κ3) is 5.57. The van der Waals surface area contributed by atoms with Crippen LogP contribution in [-0.4, -0.2) is 30.9 Å². The average Bonchev–Trinajstić information content (AvgIpc) is 2.79. The Kier molecular flexibility index (Phi) is 7.17. The molecule has 0 saturated carbocycles. The molecule has 3 aromatic carbocycles. The van der Waals surface area contributed by atoms with E-state index in [1.165, 1.54) is 14.0 Å². The minimum Gasteiger partial charge on any atom is -0.467 e. The van der Waals surface area contributed by atoms with E-state index in [9.17, 15) is 14.4 Å². The van der Waals surface area contributed by atoms with Crippen LogP contribution in [0.2, 0.25) is 0 Å². The lowest BCUT2D eigenvalue weighted by atomic mass is 9.84. The number of rotatable bonds is 7. The van der Waals surface area contributed by atoms with Gasteiger partial charge in [0.15, 0.2) is 0 Å². The van der Waals surface area contributed by atoms with E-state index < -0.39 is 23.8 Å². The first kappa shape index (κ1) is 21.8. The number of benzene rings is 3. The summed E-state index contributed by atoms with van der Waals surface area (Å²) in [5.41, 5.74) is 2.71. The van der Waals surface area contributed by atoms with Crippen LogP contribution >= 0.6 is 0 Å². The van der Waals surface area contributed by atoms with Crippen molar-refractivity contribution in [2.45, 2.75) is 18.9 Å². The van der Waals surface area contributed by atoms with Crippen LogP contribution in [-0.2, 0) is 14.3 Å². The van der Waals surface area contributed by atoms with Gasteiger partial charge in [-0.05, 0) is 35.4 Å². The largest absolute Gasteiger partial charge is 0.467 e. The summed E-state index contributed by atoms with van der Waals surface area (Å²) in [5.74, 6) is -1.59. The van der Waals surface area contributed by atoms with Crippen LogP contribution in [0, 0.1) is 0 Å². The zero-order chi connectivity index (χ0) is 22.2. The molecule has 3 aromatic rings. The Labute approximate surface area is 181 Å². The van der Waals surface area contributed by atoms with Crippen molar-refractivity contribution in [3.05, 3.63) is 102 Å². The SMILES string of the molecule is COC(=O)[C@@H](NC(=O)c1ccc(NC(C)=O)cc1)C(c1ccccc1)c1ccccc1. The summed E-state index contributed by atoms with van der Waals surface area (Å²) in [5, 5.41) is 5.50. The third-order valence-corrected chi connectivity index (χ3v) is 4.86. The summed E-state index contributed by atoms with van der Waals surface area (Å²) >= 11 is 0. The Hall–Kier alpha value is -3.93. The Morgan fingerprint density at radius 1 is 0.774 bits per heavy atom. The van der Waals surface area contributed by atoms with E-state index in [0.717, 1.165) is 11.1 Å². The topological polar surface area (TPSA) is 84.5 Å². The van der Waals surface area contributed by atoms with Crippen molar-refractivity contribution >= 4 is 23.5 Å². The van der Waals surface area contributed by atoms with Gasteiger partial charge >= 0.3 is 5.97 Å². The molecule has 0 aliphatic heterocycles. The average molecular weight is 416 g/mol. The molecule has 0 aliphatic rings. The zero-order valence-electron chi connectivity index (χ0n) is 17.4. The van der Waals surface area contributed by atoms with E-state index in [1.54, 1.807) is 24.3 Å². The molecule has 0 heterocycles. The second-order valence-electron chi connectivity index (χ2n) is 7.03. The molecule has 31 heavy (non-hydrogen) atoms. The van der Waals surface area contributed by atoms with Crippen LogP contribution in [0.15, 0.2) is 84.9 Å². The summed E-state index contributed by atoms with van der Waals surface area (Å²) < 4.78 is 5.03. The molecule has 2 amide bonds. The Morgan fingerprint density at radius 3 is 1.74 bits per heavy atom. The Balaban J connectivity index is 1.93. The molecule has 3 rings (SSSR count). The van der Waals surface area contributed by atoms with E-state index in [-0.39, 0.29) is 5.91 Å². The van der Waals surface area contributed by atoms with Gasteiger partial charge in [0.05, 0.1) is 7.11 Å². The molecule has 0 spiro atoms. The zero-order valence-corrected chi connectivity index (χ0v) is 17.4. The summed E-state index contributed by atoms with van der Waals surface area (Å²) in [6.07, 6.45) is 0. The Bertz CT molecular complexity index is 995. The number of carbonyl (C=O) groups excluding carboxylic acids is 3. The molecule has 0 radical (unpaired) electrons. The summed E-state index contributed by atoms with van der Waals surface area (Å²) in [7, 11) is 1.30. The van der Waals surface area contributed by atoms with Crippen molar-refractivity contribution < 1.29 is 19.1 Å². The van der Waals surface area contributed by atoms with Gasteiger partial charge in [-0.1, -0.05) is 60.7 Å². The lowest BCUT2D eigenvalue weighted by Gasteiger charge is -2.27. The first-order chi connectivity index (χ1) is 15.0. The first-order valence-electron chi connectivity index (χ1n) is 9.86. The predicted molar refractivity (Wildman–Crippen MR) is 119 cm³/mol. The van der Waals surface area contributed by atoms with Crippen LogP contribution in [0.5, 0.6) is 0 Å². The molecule has 1 atom stereocenters. The molecule has 0 aromatic heterocycles. The van der Waals surface area contributed by atoms with Crippen molar-refractivity contribution in [3.8, 4) is 0 Å². The van der Waals surface area contributed by atoms with E-state index in [1.807, 2.05) is 60.7 Å². The monoisotopic (exact) mass is 416 g/mol. The maximum Gasteiger partial charge on any atom is 0.329 e. The van der Waals surface area contributed by atoms with E-state index in [4.69, 9.17) is 4.74 Å². The molecule has 0 unspecified atom stereocenters. The number of ether oxygens (including phenoxy) is 1. The van der Waals surface area contributed by atoms with Gasteiger partial charge < -0.3 is 15.4 Å². The second-order valence-corrected chi connectivity index (χ2v) is 7.03. The van der Waals surface area contributed by atoms with Crippen molar-refractivity contribution in [3.63, 3.8) is 0 Å². The van der Waals surface area contributed by atoms with Gasteiger partial charge in [0, 0.05) is 24.1 Å². The molecule has 0 fully saturated rings. The van der Waals surface area contributed by atoms with Gasteiger partial charge in [0.2, 0.25) is 5.91 Å². The number of hydrogen-bond donors (Lipinski definition) is 2. The molecule has 0 saturated heterocycles. The van der Waals surface area contributed by atoms with Gasteiger partial charge in [-0.15, -0.1) is 0 Å². The van der Waals surface area contributed by atoms with Gasteiger partial charge in [-0.25, -0.2) is 4.79 Å². The maximum atomic E-state index is 13.0. The van der Waals surface area contributed by atoms with Crippen LogP contribution in [0.1, 0.15) is 34.3 Å². The highest BCUT2D eigenvalue weighted by atomic mass is 16.5. The standard InChI is InChI=1S/C25H24N2O4/c1-17(28)26-21-15-13-20(14-16-21)24(29)27-23(25(30)31-2)22(18-9-5-3-6-10-18)19-11-7-4-8-12-19/h3-16,22-23H,1-2H3,(H,26,28)(H,27,29)/t23-/m0/s1. The maximum absolute atomic E-state index is 13.0. The Morgan fingerprint density at radius 2 is 1.29 bits per heavy atom. The molecule has 0 bridgehead atoms. The molecule has 6 heteroatoms. The highest BCUT2D eigenvalue weighted by Gasteiger charge is 2.33. The van der Waals surface area contributed by atoms with Gasteiger partial charge in [0.25, 0.3) is 5.91 Å². The number of anilines is 1. The summed E-state index contributed by atoms with van der Waals surface area (Å²) in [6.45, 7) is 1.41. The molecule has 0 aliphatic carbocycles. The normalized spacial score (nSPS) is 11.5. The van der Waals surface area contributed by atoms with Crippen molar-refractivity contribution in [1.29, 1.82) is 0 Å². The minimum atomic E-state index is -0.933. The van der Waals surface area contributed by atoms with Gasteiger partial charge in [0.1, 0.15) is 6.04 Å².